The second kappa shape index (κ2) is 10.9. The standard InChI is InChI=1S/C28H40N2O3/c1-8-23(26(29)32)33-24-16-19(17-25(31)30-20-14-12-11-13-15-20)21(27(4,5)9-2)18-22(24)28(6,7)10-3/h11-16,18,23H,8-10,17H2,1-7H3,(H2,29,32)(H,30,31). The van der Waals surface area contributed by atoms with Crippen LogP contribution in [0.4, 0.5) is 5.69 Å². The van der Waals surface area contributed by atoms with Crippen LogP contribution in [0.15, 0.2) is 42.5 Å². The van der Waals surface area contributed by atoms with Gasteiger partial charge in [-0.2, -0.15) is 0 Å². The van der Waals surface area contributed by atoms with E-state index in [4.69, 9.17) is 10.5 Å². The van der Waals surface area contributed by atoms with E-state index < -0.39 is 12.0 Å². The van der Waals surface area contributed by atoms with Crippen molar-refractivity contribution < 1.29 is 14.3 Å². The van der Waals surface area contributed by atoms with Gasteiger partial charge in [-0.3, -0.25) is 9.59 Å². The minimum absolute atomic E-state index is 0.0928. The zero-order chi connectivity index (χ0) is 24.8. The van der Waals surface area contributed by atoms with Crippen molar-refractivity contribution >= 4 is 17.5 Å². The summed E-state index contributed by atoms with van der Waals surface area (Å²) < 4.78 is 6.18. The monoisotopic (exact) mass is 452 g/mol. The Labute approximate surface area is 199 Å². The molecule has 0 aliphatic carbocycles. The second-order valence-electron chi connectivity index (χ2n) is 9.99. The number of hydrogen-bond donors (Lipinski definition) is 2. The predicted molar refractivity (Wildman–Crippen MR) is 136 cm³/mol. The van der Waals surface area contributed by atoms with E-state index in [9.17, 15) is 9.59 Å². The molecule has 0 spiro atoms. The Morgan fingerprint density at radius 3 is 2.03 bits per heavy atom. The van der Waals surface area contributed by atoms with E-state index in [2.05, 4.69) is 52.9 Å². The SMILES string of the molecule is CCC(Oc1cc(CC(=O)Nc2ccccc2)c(C(C)(C)CC)cc1C(C)(C)CC)C(N)=O. The molecular formula is C28H40N2O3. The van der Waals surface area contributed by atoms with E-state index in [1.54, 1.807) is 0 Å². The summed E-state index contributed by atoms with van der Waals surface area (Å²) in [4.78, 5) is 24.9. The highest BCUT2D eigenvalue weighted by molar-refractivity contribution is 5.92. The molecule has 0 aromatic heterocycles. The topological polar surface area (TPSA) is 81.4 Å². The van der Waals surface area contributed by atoms with Gasteiger partial charge in [0, 0.05) is 11.3 Å². The van der Waals surface area contributed by atoms with Crippen LogP contribution in [0.3, 0.4) is 0 Å². The molecule has 3 N–H and O–H groups in total. The normalized spacial score (nSPS) is 12.8. The molecule has 0 fully saturated rings. The molecule has 0 saturated heterocycles. The van der Waals surface area contributed by atoms with E-state index in [1.165, 1.54) is 0 Å². The van der Waals surface area contributed by atoms with Crippen LogP contribution < -0.4 is 15.8 Å². The van der Waals surface area contributed by atoms with Crippen molar-refractivity contribution in [2.75, 3.05) is 5.32 Å². The molecule has 33 heavy (non-hydrogen) atoms. The summed E-state index contributed by atoms with van der Waals surface area (Å²) in [6, 6.07) is 13.6. The number of anilines is 1. The highest BCUT2D eigenvalue weighted by Gasteiger charge is 2.31. The minimum Gasteiger partial charge on any atom is -0.480 e. The Morgan fingerprint density at radius 1 is 0.939 bits per heavy atom. The second-order valence-corrected chi connectivity index (χ2v) is 9.99. The van der Waals surface area contributed by atoms with Crippen LogP contribution in [0.5, 0.6) is 5.75 Å². The number of nitrogens with two attached hydrogens (primary N) is 1. The highest BCUT2D eigenvalue weighted by atomic mass is 16.5. The molecule has 0 radical (unpaired) electrons. The van der Waals surface area contributed by atoms with Gasteiger partial charge in [-0.05, 0) is 59.4 Å². The zero-order valence-corrected chi connectivity index (χ0v) is 21.2. The van der Waals surface area contributed by atoms with Crippen molar-refractivity contribution in [2.24, 2.45) is 5.73 Å². The van der Waals surface area contributed by atoms with Gasteiger partial charge in [-0.1, -0.05) is 72.7 Å². The minimum atomic E-state index is -0.715. The summed E-state index contributed by atoms with van der Waals surface area (Å²) in [5.41, 5.74) is 9.11. The van der Waals surface area contributed by atoms with Crippen molar-refractivity contribution in [3.8, 4) is 5.75 Å². The van der Waals surface area contributed by atoms with Gasteiger partial charge in [0.25, 0.3) is 5.91 Å². The van der Waals surface area contributed by atoms with Crippen LogP contribution in [0.2, 0.25) is 0 Å². The quantitative estimate of drug-likeness (QED) is 0.446. The van der Waals surface area contributed by atoms with Crippen LogP contribution in [0.25, 0.3) is 0 Å². The molecular weight excluding hydrogens is 412 g/mol. The fraction of sp³-hybridized carbons (Fsp3) is 0.500. The molecule has 2 rings (SSSR count). The number of carbonyl (C=O) groups is 2. The lowest BCUT2D eigenvalue weighted by atomic mass is 9.74. The van der Waals surface area contributed by atoms with E-state index in [1.807, 2.05) is 43.3 Å². The first kappa shape index (κ1) is 26.4. The fourth-order valence-corrected chi connectivity index (χ4v) is 3.80. The Hall–Kier alpha value is -2.82. The number of hydrogen-bond acceptors (Lipinski definition) is 3. The van der Waals surface area contributed by atoms with Crippen molar-refractivity contribution in [1.29, 1.82) is 0 Å². The average Bonchev–Trinajstić information content (AvgIpc) is 2.77. The summed E-state index contributed by atoms with van der Waals surface area (Å²) >= 11 is 0. The van der Waals surface area contributed by atoms with Crippen LogP contribution in [0, 0.1) is 0 Å². The third-order valence-corrected chi connectivity index (χ3v) is 6.80. The lowest BCUT2D eigenvalue weighted by molar-refractivity contribution is -0.124. The van der Waals surface area contributed by atoms with Crippen molar-refractivity contribution in [1.82, 2.24) is 0 Å². The van der Waals surface area contributed by atoms with E-state index in [-0.39, 0.29) is 23.2 Å². The summed E-state index contributed by atoms with van der Waals surface area (Å²) in [5.74, 6) is 0.0505. The third-order valence-electron chi connectivity index (χ3n) is 6.80. The van der Waals surface area contributed by atoms with Gasteiger partial charge in [0.15, 0.2) is 6.10 Å². The maximum atomic E-state index is 13.0. The number of benzene rings is 2. The average molecular weight is 453 g/mol. The maximum absolute atomic E-state index is 13.0. The Balaban J connectivity index is 2.60. The van der Waals surface area contributed by atoms with E-state index in [0.29, 0.717) is 12.2 Å². The molecule has 2 aromatic carbocycles. The molecule has 0 bridgehead atoms. The highest BCUT2D eigenvalue weighted by Crippen LogP contribution is 2.41. The lowest BCUT2D eigenvalue weighted by Crippen LogP contribution is -2.34. The van der Waals surface area contributed by atoms with Crippen LogP contribution in [-0.4, -0.2) is 17.9 Å². The molecule has 2 amide bonds. The third kappa shape index (κ3) is 6.59. The van der Waals surface area contributed by atoms with Gasteiger partial charge in [0.2, 0.25) is 5.91 Å². The summed E-state index contributed by atoms with van der Waals surface area (Å²) in [6.07, 6.45) is 1.80. The smallest absolute Gasteiger partial charge is 0.258 e. The first-order valence-electron chi connectivity index (χ1n) is 11.9. The van der Waals surface area contributed by atoms with Gasteiger partial charge in [0.05, 0.1) is 6.42 Å². The van der Waals surface area contributed by atoms with Gasteiger partial charge in [-0.25, -0.2) is 0 Å². The molecule has 2 aromatic rings. The Bertz CT molecular complexity index is 965. The molecule has 0 aliphatic heterocycles. The molecule has 0 saturated carbocycles. The first-order valence-corrected chi connectivity index (χ1v) is 11.9. The lowest BCUT2D eigenvalue weighted by Gasteiger charge is -2.33. The largest absolute Gasteiger partial charge is 0.480 e. The summed E-state index contributed by atoms with van der Waals surface area (Å²) in [7, 11) is 0. The van der Waals surface area contributed by atoms with Gasteiger partial charge in [0.1, 0.15) is 5.75 Å². The molecule has 0 aliphatic rings. The van der Waals surface area contributed by atoms with Crippen molar-refractivity contribution in [3.63, 3.8) is 0 Å². The fourth-order valence-electron chi connectivity index (χ4n) is 3.80. The summed E-state index contributed by atoms with van der Waals surface area (Å²) in [6.45, 7) is 14.9. The zero-order valence-electron chi connectivity index (χ0n) is 21.2. The number of amides is 2. The van der Waals surface area contributed by atoms with Crippen molar-refractivity contribution in [3.05, 3.63) is 59.2 Å². The Morgan fingerprint density at radius 2 is 1.52 bits per heavy atom. The number of rotatable bonds is 11. The van der Waals surface area contributed by atoms with Crippen LogP contribution in [-0.2, 0) is 26.8 Å². The van der Waals surface area contributed by atoms with E-state index >= 15 is 0 Å². The van der Waals surface area contributed by atoms with Gasteiger partial charge < -0.3 is 15.8 Å². The summed E-state index contributed by atoms with van der Waals surface area (Å²) in [5, 5.41) is 2.98. The number of primary amides is 1. The number of carbonyl (C=O) groups excluding carboxylic acids is 2. The molecule has 1 unspecified atom stereocenters. The number of nitrogens with one attached hydrogen (secondary N) is 1. The van der Waals surface area contributed by atoms with Crippen LogP contribution >= 0.6 is 0 Å². The number of ether oxygens (including phenoxy) is 1. The van der Waals surface area contributed by atoms with E-state index in [0.717, 1.165) is 35.2 Å². The van der Waals surface area contributed by atoms with Crippen molar-refractivity contribution in [2.45, 2.75) is 91.1 Å². The van der Waals surface area contributed by atoms with Gasteiger partial charge >= 0.3 is 0 Å². The van der Waals surface area contributed by atoms with Gasteiger partial charge in [-0.15, -0.1) is 0 Å². The molecule has 5 heteroatoms. The number of para-hydroxylation sites is 1. The Kier molecular flexibility index (Phi) is 8.70. The molecule has 5 nitrogen and oxygen atoms in total. The molecule has 180 valence electrons. The van der Waals surface area contributed by atoms with Crippen LogP contribution in [0.1, 0.15) is 84.4 Å². The first-order chi connectivity index (χ1) is 15.4. The molecule has 0 heterocycles. The molecule has 1 atom stereocenters. The maximum Gasteiger partial charge on any atom is 0.258 e. The predicted octanol–water partition coefficient (Wildman–Crippen LogP) is 5.89.